The standard InChI is InChI=1S/C10H14N2O3/c1-14-5-6-15-8-10(13)12-9-3-2-4-11-7-9/h2-4,7H,5-6,8H2,1H3,(H,12,13). The topological polar surface area (TPSA) is 60.5 Å². The van der Waals surface area contributed by atoms with Gasteiger partial charge in [0, 0.05) is 13.3 Å². The molecule has 0 aliphatic rings. The largest absolute Gasteiger partial charge is 0.382 e. The first-order valence-electron chi connectivity index (χ1n) is 4.59. The highest BCUT2D eigenvalue weighted by Crippen LogP contribution is 2.01. The number of carbonyl (C=O) groups excluding carboxylic acids is 1. The molecule has 1 amide bonds. The van der Waals surface area contributed by atoms with E-state index >= 15 is 0 Å². The Labute approximate surface area is 88.4 Å². The van der Waals surface area contributed by atoms with Gasteiger partial charge in [-0.15, -0.1) is 0 Å². The van der Waals surface area contributed by atoms with Crippen molar-refractivity contribution in [2.75, 3.05) is 32.2 Å². The number of amides is 1. The molecule has 1 heterocycles. The van der Waals surface area contributed by atoms with E-state index in [2.05, 4.69) is 10.3 Å². The molecule has 1 N–H and O–H groups in total. The molecule has 0 aromatic carbocycles. The molecule has 82 valence electrons. The van der Waals surface area contributed by atoms with Gasteiger partial charge in [0.05, 0.1) is 25.1 Å². The molecule has 5 heteroatoms. The summed E-state index contributed by atoms with van der Waals surface area (Å²) in [7, 11) is 1.58. The quantitative estimate of drug-likeness (QED) is 0.701. The van der Waals surface area contributed by atoms with Crippen molar-refractivity contribution < 1.29 is 14.3 Å². The first-order chi connectivity index (χ1) is 7.33. The Bertz CT molecular complexity index is 290. The summed E-state index contributed by atoms with van der Waals surface area (Å²) in [5.74, 6) is -0.195. The number of hydrogen-bond donors (Lipinski definition) is 1. The summed E-state index contributed by atoms with van der Waals surface area (Å²) in [6.07, 6.45) is 3.22. The van der Waals surface area contributed by atoms with Gasteiger partial charge in [-0.05, 0) is 12.1 Å². The van der Waals surface area contributed by atoms with E-state index in [4.69, 9.17) is 9.47 Å². The maximum Gasteiger partial charge on any atom is 0.250 e. The minimum absolute atomic E-state index is 0.0260. The minimum Gasteiger partial charge on any atom is -0.382 e. The van der Waals surface area contributed by atoms with E-state index in [1.54, 1.807) is 31.6 Å². The van der Waals surface area contributed by atoms with Crippen LogP contribution < -0.4 is 5.32 Å². The lowest BCUT2D eigenvalue weighted by Crippen LogP contribution is -2.19. The van der Waals surface area contributed by atoms with E-state index in [1.807, 2.05) is 0 Å². The van der Waals surface area contributed by atoms with Gasteiger partial charge < -0.3 is 14.8 Å². The van der Waals surface area contributed by atoms with Crippen molar-refractivity contribution >= 4 is 11.6 Å². The number of nitrogens with one attached hydrogen (secondary N) is 1. The second-order valence-electron chi connectivity index (χ2n) is 2.84. The van der Waals surface area contributed by atoms with Crippen LogP contribution in [0, 0.1) is 0 Å². The number of carbonyl (C=O) groups is 1. The molecule has 0 bridgehead atoms. The Morgan fingerprint density at radius 1 is 1.53 bits per heavy atom. The number of nitrogens with zero attached hydrogens (tertiary/aromatic N) is 1. The third-order valence-electron chi connectivity index (χ3n) is 1.61. The van der Waals surface area contributed by atoms with Crippen LogP contribution >= 0.6 is 0 Å². The van der Waals surface area contributed by atoms with Gasteiger partial charge in [0.15, 0.2) is 0 Å². The van der Waals surface area contributed by atoms with Gasteiger partial charge in [-0.25, -0.2) is 0 Å². The third-order valence-corrected chi connectivity index (χ3v) is 1.61. The summed E-state index contributed by atoms with van der Waals surface area (Å²) >= 11 is 0. The molecule has 0 radical (unpaired) electrons. The second-order valence-corrected chi connectivity index (χ2v) is 2.84. The third kappa shape index (κ3) is 5.09. The van der Waals surface area contributed by atoms with E-state index < -0.39 is 0 Å². The monoisotopic (exact) mass is 210 g/mol. The predicted molar refractivity (Wildman–Crippen MR) is 55.6 cm³/mol. The Balaban J connectivity index is 2.19. The molecule has 1 aromatic heterocycles. The van der Waals surface area contributed by atoms with Gasteiger partial charge in [-0.3, -0.25) is 9.78 Å². The molecule has 0 saturated carbocycles. The van der Waals surface area contributed by atoms with E-state index in [0.717, 1.165) is 0 Å². The average molecular weight is 210 g/mol. The van der Waals surface area contributed by atoms with Crippen molar-refractivity contribution in [3.63, 3.8) is 0 Å². The van der Waals surface area contributed by atoms with Gasteiger partial charge in [0.1, 0.15) is 6.61 Å². The molecule has 15 heavy (non-hydrogen) atoms. The van der Waals surface area contributed by atoms with Crippen LogP contribution in [0.4, 0.5) is 5.69 Å². The van der Waals surface area contributed by atoms with Crippen molar-refractivity contribution in [2.24, 2.45) is 0 Å². The maximum absolute atomic E-state index is 11.3. The van der Waals surface area contributed by atoms with Crippen molar-refractivity contribution in [3.05, 3.63) is 24.5 Å². The molecule has 0 aliphatic carbocycles. The van der Waals surface area contributed by atoms with Crippen molar-refractivity contribution in [2.45, 2.75) is 0 Å². The summed E-state index contributed by atoms with van der Waals surface area (Å²) in [5, 5.41) is 2.65. The number of pyridine rings is 1. The van der Waals surface area contributed by atoms with Gasteiger partial charge in [0.25, 0.3) is 0 Å². The molecule has 1 aromatic rings. The highest BCUT2D eigenvalue weighted by molar-refractivity contribution is 5.91. The number of ether oxygens (including phenoxy) is 2. The molecule has 0 saturated heterocycles. The van der Waals surface area contributed by atoms with E-state index in [1.165, 1.54) is 0 Å². The van der Waals surface area contributed by atoms with E-state index in [-0.39, 0.29) is 12.5 Å². The first-order valence-corrected chi connectivity index (χ1v) is 4.59. The second kappa shape index (κ2) is 6.92. The number of hydrogen-bond acceptors (Lipinski definition) is 4. The number of aromatic nitrogens is 1. The fourth-order valence-electron chi connectivity index (χ4n) is 0.941. The van der Waals surface area contributed by atoms with Crippen molar-refractivity contribution in [1.82, 2.24) is 4.98 Å². The zero-order chi connectivity index (χ0) is 10.9. The van der Waals surface area contributed by atoms with Gasteiger partial charge in [-0.2, -0.15) is 0 Å². The van der Waals surface area contributed by atoms with E-state index in [9.17, 15) is 4.79 Å². The van der Waals surface area contributed by atoms with Crippen LogP contribution in [0.1, 0.15) is 0 Å². The first kappa shape index (κ1) is 11.6. The molecular formula is C10H14N2O3. The maximum atomic E-state index is 11.3. The summed E-state index contributed by atoms with van der Waals surface area (Å²) in [5.41, 5.74) is 0.665. The molecule has 0 aliphatic heterocycles. The van der Waals surface area contributed by atoms with Crippen LogP contribution in [0.5, 0.6) is 0 Å². The molecule has 0 unspecified atom stereocenters. The van der Waals surface area contributed by atoms with Crippen LogP contribution in [-0.2, 0) is 14.3 Å². The van der Waals surface area contributed by atoms with Crippen molar-refractivity contribution in [1.29, 1.82) is 0 Å². The summed E-state index contributed by atoms with van der Waals surface area (Å²) < 4.78 is 9.83. The lowest BCUT2D eigenvalue weighted by molar-refractivity contribution is -0.121. The van der Waals surface area contributed by atoms with Gasteiger partial charge in [-0.1, -0.05) is 0 Å². The Morgan fingerprint density at radius 3 is 3.07 bits per heavy atom. The smallest absolute Gasteiger partial charge is 0.250 e. The summed E-state index contributed by atoms with van der Waals surface area (Å²) in [4.78, 5) is 15.1. The van der Waals surface area contributed by atoms with Gasteiger partial charge >= 0.3 is 0 Å². The highest BCUT2D eigenvalue weighted by atomic mass is 16.5. The Kier molecular flexibility index (Phi) is 5.35. The zero-order valence-corrected chi connectivity index (χ0v) is 8.60. The minimum atomic E-state index is -0.195. The van der Waals surface area contributed by atoms with Crippen LogP contribution in [-0.4, -0.2) is 37.8 Å². The Hall–Kier alpha value is -1.46. The van der Waals surface area contributed by atoms with Crippen LogP contribution in [0.2, 0.25) is 0 Å². The van der Waals surface area contributed by atoms with E-state index in [0.29, 0.717) is 18.9 Å². The lowest BCUT2D eigenvalue weighted by Gasteiger charge is -2.05. The number of methoxy groups -OCH3 is 1. The zero-order valence-electron chi connectivity index (χ0n) is 8.60. The fraction of sp³-hybridized carbons (Fsp3) is 0.400. The summed E-state index contributed by atoms with van der Waals surface area (Å²) in [6.45, 7) is 0.926. The SMILES string of the molecule is COCCOCC(=O)Nc1cccnc1. The van der Waals surface area contributed by atoms with Crippen LogP contribution in [0.25, 0.3) is 0 Å². The number of rotatable bonds is 6. The molecule has 1 rings (SSSR count). The molecule has 0 atom stereocenters. The molecule has 0 spiro atoms. The predicted octanol–water partition coefficient (Wildman–Crippen LogP) is 0.683. The fourth-order valence-corrected chi connectivity index (χ4v) is 0.941. The average Bonchev–Trinajstić information content (AvgIpc) is 2.26. The van der Waals surface area contributed by atoms with Gasteiger partial charge in [0.2, 0.25) is 5.91 Å². The summed E-state index contributed by atoms with van der Waals surface area (Å²) in [6, 6.07) is 3.52. The van der Waals surface area contributed by atoms with Crippen LogP contribution in [0.3, 0.4) is 0 Å². The van der Waals surface area contributed by atoms with Crippen LogP contribution in [0.15, 0.2) is 24.5 Å². The lowest BCUT2D eigenvalue weighted by atomic mass is 10.4. The Morgan fingerprint density at radius 2 is 2.40 bits per heavy atom. The molecular weight excluding hydrogens is 196 g/mol. The van der Waals surface area contributed by atoms with Crippen molar-refractivity contribution in [3.8, 4) is 0 Å². The highest BCUT2D eigenvalue weighted by Gasteiger charge is 2.01. The molecule has 0 fully saturated rings. The molecule has 5 nitrogen and oxygen atoms in total. The number of anilines is 1. The normalized spacial score (nSPS) is 9.93.